The number of carbonyl (C=O) groups is 1. The molecule has 0 aromatic carbocycles. The molecule has 7 nitrogen and oxygen atoms in total. The van der Waals surface area contributed by atoms with Crippen molar-refractivity contribution in [3.63, 3.8) is 0 Å². The smallest absolute Gasteiger partial charge is 0.247 e. The first-order valence-corrected chi connectivity index (χ1v) is 9.97. The first-order valence-electron chi connectivity index (χ1n) is 9.97. The number of aryl methyl sites for hydroxylation is 1. The lowest BCUT2D eigenvalue weighted by Gasteiger charge is -2.34. The van der Waals surface area contributed by atoms with Crippen molar-refractivity contribution in [3.05, 3.63) is 30.1 Å². The van der Waals surface area contributed by atoms with Crippen LogP contribution in [-0.4, -0.2) is 48.4 Å². The molecule has 1 atom stereocenters. The zero-order valence-electron chi connectivity index (χ0n) is 15.5. The molecule has 0 radical (unpaired) electrons. The van der Waals surface area contributed by atoms with Gasteiger partial charge >= 0.3 is 0 Å². The van der Waals surface area contributed by atoms with E-state index in [1.54, 1.807) is 10.9 Å². The molecule has 0 bridgehead atoms. The number of likely N-dealkylation sites (tertiary alicyclic amines) is 1. The van der Waals surface area contributed by atoms with Crippen LogP contribution in [0.3, 0.4) is 0 Å². The van der Waals surface area contributed by atoms with Crippen LogP contribution >= 0.6 is 0 Å². The van der Waals surface area contributed by atoms with Gasteiger partial charge in [0.15, 0.2) is 0 Å². The van der Waals surface area contributed by atoms with Crippen LogP contribution in [0, 0.1) is 0 Å². The summed E-state index contributed by atoms with van der Waals surface area (Å²) in [5.41, 5.74) is 0. The minimum atomic E-state index is -0.189. The predicted molar refractivity (Wildman–Crippen MR) is 97.7 cm³/mol. The number of carbonyl (C=O) groups excluding carboxylic acids is 1. The highest BCUT2D eigenvalue weighted by Crippen LogP contribution is 2.30. The number of hydrogen-bond acceptors (Lipinski definition) is 4. The van der Waals surface area contributed by atoms with Crippen LogP contribution < -0.4 is 0 Å². The number of fused-ring (bicyclic) bond motifs is 1. The zero-order valence-corrected chi connectivity index (χ0v) is 15.5. The highest BCUT2D eigenvalue weighted by atomic mass is 16.2. The summed E-state index contributed by atoms with van der Waals surface area (Å²) in [5, 5.41) is 13.2. The molecule has 2 aromatic rings. The molecule has 0 aliphatic carbocycles. The fourth-order valence-corrected chi connectivity index (χ4v) is 4.32. The van der Waals surface area contributed by atoms with Crippen molar-refractivity contribution < 1.29 is 4.79 Å². The minimum Gasteiger partial charge on any atom is -0.341 e. The van der Waals surface area contributed by atoms with E-state index in [1.165, 1.54) is 19.3 Å². The maximum Gasteiger partial charge on any atom is 0.247 e. The van der Waals surface area contributed by atoms with Crippen molar-refractivity contribution in [1.29, 1.82) is 0 Å². The van der Waals surface area contributed by atoms with E-state index in [0.29, 0.717) is 5.92 Å². The molecule has 7 heteroatoms. The molecule has 1 fully saturated rings. The molecule has 4 rings (SSSR count). The summed E-state index contributed by atoms with van der Waals surface area (Å²) in [7, 11) is 0. The monoisotopic (exact) mass is 356 g/mol. The molecule has 2 aromatic heterocycles. The van der Waals surface area contributed by atoms with Crippen molar-refractivity contribution in [1.82, 2.24) is 29.4 Å². The molecule has 2 aliphatic rings. The van der Waals surface area contributed by atoms with Gasteiger partial charge < -0.3 is 9.47 Å². The van der Waals surface area contributed by atoms with E-state index in [1.807, 2.05) is 24.1 Å². The quantitative estimate of drug-likeness (QED) is 0.844. The summed E-state index contributed by atoms with van der Waals surface area (Å²) in [6.07, 6.45) is 11.1. The van der Waals surface area contributed by atoms with Crippen LogP contribution in [0.25, 0.3) is 0 Å². The molecule has 140 valence electrons. The lowest BCUT2D eigenvalue weighted by Crippen LogP contribution is -2.42. The second-order valence-electron chi connectivity index (χ2n) is 7.45. The van der Waals surface area contributed by atoms with Gasteiger partial charge in [0.1, 0.15) is 17.7 Å². The molecule has 1 saturated heterocycles. The molecule has 0 spiro atoms. The SMILES string of the molecule is CCC(C(=O)N1CCC(c2nnc3n2CCCCC3)CC1)n1cccn1. The highest BCUT2D eigenvalue weighted by molar-refractivity contribution is 5.80. The summed E-state index contributed by atoms with van der Waals surface area (Å²) >= 11 is 0. The van der Waals surface area contributed by atoms with E-state index in [2.05, 4.69) is 19.9 Å². The molecule has 0 N–H and O–H groups in total. The Morgan fingerprint density at radius 3 is 2.77 bits per heavy atom. The Hall–Kier alpha value is -2.18. The summed E-state index contributed by atoms with van der Waals surface area (Å²) < 4.78 is 4.14. The fraction of sp³-hybridized carbons (Fsp3) is 0.684. The van der Waals surface area contributed by atoms with Gasteiger partial charge in [0.2, 0.25) is 5.91 Å². The maximum absolute atomic E-state index is 12.9. The second-order valence-corrected chi connectivity index (χ2v) is 7.45. The van der Waals surface area contributed by atoms with E-state index in [9.17, 15) is 4.79 Å². The minimum absolute atomic E-state index is 0.189. The molecule has 0 saturated carbocycles. The van der Waals surface area contributed by atoms with Gasteiger partial charge in [-0.05, 0) is 38.2 Å². The van der Waals surface area contributed by atoms with Crippen molar-refractivity contribution in [2.45, 2.75) is 70.4 Å². The molecular formula is C19H28N6O. The van der Waals surface area contributed by atoms with E-state index in [4.69, 9.17) is 0 Å². The molecule has 4 heterocycles. The van der Waals surface area contributed by atoms with Crippen LogP contribution in [0.5, 0.6) is 0 Å². The van der Waals surface area contributed by atoms with Crippen molar-refractivity contribution >= 4 is 5.91 Å². The van der Waals surface area contributed by atoms with Gasteiger partial charge in [-0.25, -0.2) is 0 Å². The van der Waals surface area contributed by atoms with Crippen molar-refractivity contribution in [2.75, 3.05) is 13.1 Å². The highest BCUT2D eigenvalue weighted by Gasteiger charge is 2.31. The van der Waals surface area contributed by atoms with Gasteiger partial charge in [0.25, 0.3) is 0 Å². The van der Waals surface area contributed by atoms with Crippen LogP contribution in [-0.2, 0) is 17.8 Å². The average Bonchev–Trinajstić information content (AvgIpc) is 3.28. The largest absolute Gasteiger partial charge is 0.341 e. The third-order valence-corrected chi connectivity index (χ3v) is 5.83. The Balaban J connectivity index is 1.41. The van der Waals surface area contributed by atoms with E-state index in [0.717, 1.165) is 57.0 Å². The summed E-state index contributed by atoms with van der Waals surface area (Å²) in [5.74, 6) is 2.91. The first-order chi connectivity index (χ1) is 12.8. The third kappa shape index (κ3) is 3.27. The average molecular weight is 356 g/mol. The molecular weight excluding hydrogens is 328 g/mol. The van der Waals surface area contributed by atoms with E-state index < -0.39 is 0 Å². The van der Waals surface area contributed by atoms with Crippen LogP contribution in [0.15, 0.2) is 18.5 Å². The lowest BCUT2D eigenvalue weighted by atomic mass is 9.95. The van der Waals surface area contributed by atoms with Crippen molar-refractivity contribution in [2.24, 2.45) is 0 Å². The summed E-state index contributed by atoms with van der Waals surface area (Å²) in [6, 6.07) is 1.69. The number of nitrogens with zero attached hydrogens (tertiary/aromatic N) is 6. The predicted octanol–water partition coefficient (Wildman–Crippen LogP) is 2.56. The van der Waals surface area contributed by atoms with Gasteiger partial charge in [-0.1, -0.05) is 13.3 Å². The summed E-state index contributed by atoms with van der Waals surface area (Å²) in [4.78, 5) is 14.9. The van der Waals surface area contributed by atoms with Gasteiger partial charge in [0.05, 0.1) is 0 Å². The van der Waals surface area contributed by atoms with Gasteiger partial charge in [-0.15, -0.1) is 10.2 Å². The molecule has 26 heavy (non-hydrogen) atoms. The molecule has 2 aliphatic heterocycles. The maximum atomic E-state index is 12.9. The van der Waals surface area contributed by atoms with Crippen molar-refractivity contribution in [3.8, 4) is 0 Å². The number of hydrogen-bond donors (Lipinski definition) is 0. The Bertz CT molecular complexity index is 729. The number of amides is 1. The number of rotatable bonds is 4. The van der Waals surface area contributed by atoms with Crippen LogP contribution in [0.2, 0.25) is 0 Å². The Morgan fingerprint density at radius 2 is 2.04 bits per heavy atom. The van der Waals surface area contributed by atoms with E-state index >= 15 is 0 Å². The Morgan fingerprint density at radius 1 is 1.19 bits per heavy atom. The Kier molecular flexibility index (Phi) is 5.04. The second kappa shape index (κ2) is 7.60. The topological polar surface area (TPSA) is 68.8 Å². The van der Waals surface area contributed by atoms with E-state index in [-0.39, 0.29) is 11.9 Å². The number of aromatic nitrogens is 5. The van der Waals surface area contributed by atoms with Gasteiger partial charge in [0, 0.05) is 44.4 Å². The zero-order chi connectivity index (χ0) is 17.9. The molecule has 1 unspecified atom stereocenters. The summed E-state index contributed by atoms with van der Waals surface area (Å²) in [6.45, 7) is 4.68. The van der Waals surface area contributed by atoms with Crippen LogP contribution in [0.1, 0.15) is 69.1 Å². The lowest BCUT2D eigenvalue weighted by molar-refractivity contribution is -0.136. The molecule has 1 amide bonds. The fourth-order valence-electron chi connectivity index (χ4n) is 4.32. The third-order valence-electron chi connectivity index (χ3n) is 5.83. The van der Waals surface area contributed by atoms with Gasteiger partial charge in [-0.2, -0.15) is 5.10 Å². The standard InChI is InChI=1S/C19H28N6O/c1-2-16(25-12-6-10-20-25)19(26)23-13-8-15(9-14-23)18-22-21-17-7-4-3-5-11-24(17)18/h6,10,12,15-16H,2-5,7-9,11,13-14H2,1H3. The first kappa shape index (κ1) is 17.2. The van der Waals surface area contributed by atoms with Crippen LogP contribution in [0.4, 0.5) is 0 Å². The van der Waals surface area contributed by atoms with Gasteiger partial charge in [-0.3, -0.25) is 9.48 Å². The normalized spacial score (nSPS) is 19.8. The Labute approximate surface area is 154 Å². The number of piperidine rings is 1.